The fourth-order valence-electron chi connectivity index (χ4n) is 9.33. The highest BCUT2D eigenvalue weighted by molar-refractivity contribution is 7.99. The number of benzene rings is 3. The summed E-state index contributed by atoms with van der Waals surface area (Å²) >= 11 is 1.45. The SMILES string of the molecule is [C-]#[N+]c1c(C(=O)OC2C(C(C)(C)C)CC(C)CC2C(C)(C)C)c2nc(-c3ccc(NS(=O)(=O)c4ccc(C)cc4)cc3)[nH]n2c1Sc1cc(C(C)(C)CC(C)(C)C)ccc1C. The highest BCUT2D eigenvalue weighted by Crippen LogP contribution is 2.51. The van der Waals surface area contributed by atoms with Crippen LogP contribution >= 0.6 is 11.8 Å². The van der Waals surface area contributed by atoms with Crippen LogP contribution in [0.15, 0.2) is 81.5 Å². The molecule has 3 aromatic carbocycles. The number of aryl methyl sites for hydroxylation is 2. The first-order valence-electron chi connectivity index (χ1n) is 21.4. The molecule has 2 aromatic heterocycles. The molecule has 0 saturated heterocycles. The molecule has 326 valence electrons. The van der Waals surface area contributed by atoms with Gasteiger partial charge in [0.15, 0.2) is 11.5 Å². The highest BCUT2D eigenvalue weighted by Gasteiger charge is 2.48. The standard InChI is InChI=1S/C50H65N5O4S2/c1-30-16-24-36(25-17-30)61(57,58)54-35-22-19-33(20-23-35)43-52-44-40(46(56)59-42-37(48(7,8)9)26-31(2)27-38(42)49(10,11)12)41(51-15)45(55(44)53-43)60-39-28-34(21-18-32(39)3)50(13,14)29-47(4,5)6/h16-25,28,31,37-38,42,54H,26-27,29H2,1-14H3,(H,52,53). The molecule has 2 unspecified atom stereocenters. The van der Waals surface area contributed by atoms with Gasteiger partial charge in [0, 0.05) is 28.0 Å². The van der Waals surface area contributed by atoms with Crippen LogP contribution in [0.3, 0.4) is 0 Å². The van der Waals surface area contributed by atoms with Gasteiger partial charge in [-0.1, -0.05) is 125 Å². The number of hydrogen-bond acceptors (Lipinski definition) is 6. The van der Waals surface area contributed by atoms with Crippen molar-refractivity contribution in [1.29, 1.82) is 0 Å². The van der Waals surface area contributed by atoms with Crippen molar-refractivity contribution in [2.24, 2.45) is 34.0 Å². The van der Waals surface area contributed by atoms with Gasteiger partial charge >= 0.3 is 5.97 Å². The van der Waals surface area contributed by atoms with Gasteiger partial charge in [0.05, 0.1) is 11.5 Å². The molecule has 1 aliphatic carbocycles. The highest BCUT2D eigenvalue weighted by atomic mass is 32.2. The molecule has 6 rings (SSSR count). The Kier molecular flexibility index (Phi) is 12.5. The fourth-order valence-corrected chi connectivity index (χ4v) is 11.5. The van der Waals surface area contributed by atoms with Gasteiger partial charge in [-0.05, 0) is 114 Å². The number of H-pyrrole nitrogens is 1. The second-order valence-electron chi connectivity index (χ2n) is 21.5. The van der Waals surface area contributed by atoms with Gasteiger partial charge in [-0.3, -0.25) is 9.82 Å². The third-order valence-corrected chi connectivity index (χ3v) is 14.9. The van der Waals surface area contributed by atoms with Gasteiger partial charge in [-0.25, -0.2) is 27.6 Å². The molecule has 2 N–H and O–H groups in total. The van der Waals surface area contributed by atoms with Crippen LogP contribution in [0.25, 0.3) is 21.9 Å². The molecular weight excluding hydrogens is 799 g/mol. The summed E-state index contributed by atoms with van der Waals surface area (Å²) in [5, 5.41) is 3.96. The van der Waals surface area contributed by atoms with E-state index in [-0.39, 0.29) is 55.7 Å². The number of sulfonamides is 1. The van der Waals surface area contributed by atoms with Crippen molar-refractivity contribution in [3.63, 3.8) is 0 Å². The van der Waals surface area contributed by atoms with E-state index in [1.165, 1.54) is 17.3 Å². The molecule has 2 heterocycles. The Morgan fingerprint density at radius 2 is 1.49 bits per heavy atom. The van der Waals surface area contributed by atoms with Crippen molar-refractivity contribution >= 4 is 44.8 Å². The molecule has 2 atom stereocenters. The maximum Gasteiger partial charge on any atom is 0.331 e. The summed E-state index contributed by atoms with van der Waals surface area (Å²) in [7, 11) is -3.80. The van der Waals surface area contributed by atoms with E-state index in [1.807, 2.05) is 6.92 Å². The van der Waals surface area contributed by atoms with Gasteiger partial charge in [-0.2, -0.15) is 0 Å². The Balaban J connectivity index is 1.46. The number of anilines is 1. The number of fused-ring (bicyclic) bond motifs is 1. The minimum absolute atomic E-state index is 0.111. The summed E-state index contributed by atoms with van der Waals surface area (Å²) in [6.45, 7) is 39.5. The van der Waals surface area contributed by atoms with Crippen molar-refractivity contribution in [2.75, 3.05) is 4.72 Å². The normalized spacial score (nSPS) is 19.2. The molecule has 9 nitrogen and oxygen atoms in total. The zero-order valence-corrected chi connectivity index (χ0v) is 40.2. The Morgan fingerprint density at radius 1 is 0.902 bits per heavy atom. The smallest absolute Gasteiger partial charge is 0.331 e. The number of carbonyl (C=O) groups is 1. The first-order chi connectivity index (χ1) is 28.2. The molecule has 1 saturated carbocycles. The van der Waals surface area contributed by atoms with Crippen molar-refractivity contribution in [1.82, 2.24) is 14.6 Å². The largest absolute Gasteiger partial charge is 0.459 e. The number of nitrogens with one attached hydrogen (secondary N) is 2. The monoisotopic (exact) mass is 863 g/mol. The number of rotatable bonds is 10. The van der Waals surface area contributed by atoms with E-state index in [9.17, 15) is 13.2 Å². The lowest BCUT2D eigenvalue weighted by molar-refractivity contribution is -0.0922. The summed E-state index contributed by atoms with van der Waals surface area (Å²) in [6.07, 6.45) is 2.52. The molecule has 61 heavy (non-hydrogen) atoms. The summed E-state index contributed by atoms with van der Waals surface area (Å²) in [6, 6.07) is 20.2. The second kappa shape index (κ2) is 16.6. The summed E-state index contributed by atoms with van der Waals surface area (Å²) < 4.78 is 37.5. The number of hydrogen-bond donors (Lipinski definition) is 2. The van der Waals surface area contributed by atoms with E-state index >= 15 is 0 Å². The third kappa shape index (κ3) is 10.1. The summed E-state index contributed by atoms with van der Waals surface area (Å²) in [5.74, 6) is 0.627. The van der Waals surface area contributed by atoms with E-state index in [4.69, 9.17) is 16.3 Å². The molecule has 1 fully saturated rings. The number of esters is 1. The second-order valence-corrected chi connectivity index (χ2v) is 24.2. The first kappa shape index (κ1) is 46.0. The topological polar surface area (TPSA) is 110 Å². The van der Waals surface area contributed by atoms with Gasteiger partial charge < -0.3 is 4.74 Å². The quantitative estimate of drug-likeness (QED) is 0.107. The van der Waals surface area contributed by atoms with Gasteiger partial charge in [0.25, 0.3) is 10.0 Å². The van der Waals surface area contributed by atoms with E-state index < -0.39 is 16.0 Å². The number of aromatic nitrogens is 3. The average Bonchev–Trinajstić information content (AvgIpc) is 3.68. The summed E-state index contributed by atoms with van der Waals surface area (Å²) in [5.41, 5.74) is 4.70. The number of nitrogens with zero attached hydrogens (tertiary/aromatic N) is 3. The van der Waals surface area contributed by atoms with E-state index in [0.29, 0.717) is 33.7 Å². The van der Waals surface area contributed by atoms with Crippen LogP contribution in [0.5, 0.6) is 0 Å². The molecule has 5 aromatic rings. The van der Waals surface area contributed by atoms with Crippen molar-refractivity contribution < 1.29 is 17.9 Å². The average molecular weight is 864 g/mol. The summed E-state index contributed by atoms with van der Waals surface area (Å²) in [4.78, 5) is 25.1. The van der Waals surface area contributed by atoms with E-state index in [2.05, 4.69) is 123 Å². The fraction of sp³-hybridized carbons (Fsp3) is 0.500. The molecule has 11 heteroatoms. The Hall–Kier alpha value is -4.53. The molecule has 0 radical (unpaired) electrons. The predicted molar refractivity (Wildman–Crippen MR) is 249 cm³/mol. The van der Waals surface area contributed by atoms with E-state index in [1.54, 1.807) is 53.0 Å². The molecular formula is C50H65N5O4S2. The van der Waals surface area contributed by atoms with Crippen molar-refractivity contribution in [2.45, 2.75) is 143 Å². The van der Waals surface area contributed by atoms with Gasteiger partial charge in [0.1, 0.15) is 16.7 Å². The molecule has 1 aliphatic rings. The lowest BCUT2D eigenvalue weighted by atomic mass is 9.59. The van der Waals surface area contributed by atoms with Crippen molar-refractivity contribution in [3.05, 3.63) is 100 Å². The predicted octanol–water partition coefficient (Wildman–Crippen LogP) is 13.4. The maximum atomic E-state index is 14.9. The van der Waals surface area contributed by atoms with E-state index in [0.717, 1.165) is 35.3 Å². The zero-order valence-electron chi connectivity index (χ0n) is 38.6. The van der Waals surface area contributed by atoms with Gasteiger partial charge in [-0.15, -0.1) is 0 Å². The van der Waals surface area contributed by atoms with Crippen molar-refractivity contribution in [3.8, 4) is 11.4 Å². The Morgan fingerprint density at radius 3 is 2.03 bits per heavy atom. The molecule has 0 aliphatic heterocycles. The van der Waals surface area contributed by atoms with Crippen LogP contribution < -0.4 is 4.72 Å². The number of carbonyl (C=O) groups excluding carboxylic acids is 1. The van der Waals surface area contributed by atoms with Gasteiger partial charge in [0.2, 0.25) is 5.69 Å². The Labute approximate surface area is 368 Å². The third-order valence-electron chi connectivity index (χ3n) is 12.3. The molecule has 0 bridgehead atoms. The van der Waals surface area contributed by atoms with Crippen LogP contribution in [-0.4, -0.2) is 35.1 Å². The van der Waals surface area contributed by atoms with Crippen LogP contribution in [0.1, 0.15) is 129 Å². The Bertz CT molecular complexity index is 2530. The minimum Gasteiger partial charge on any atom is -0.459 e. The van der Waals surface area contributed by atoms with Crippen LogP contribution in [0.2, 0.25) is 0 Å². The molecule has 0 spiro atoms. The minimum atomic E-state index is -3.80. The number of aromatic amines is 1. The maximum absolute atomic E-state index is 14.9. The zero-order chi connectivity index (χ0) is 45.0. The van der Waals surface area contributed by atoms with Crippen LogP contribution in [0, 0.1) is 54.4 Å². The first-order valence-corrected chi connectivity index (χ1v) is 23.7. The molecule has 0 amide bonds. The lowest BCUT2D eigenvalue weighted by Crippen LogP contribution is -2.49. The van der Waals surface area contributed by atoms with Crippen LogP contribution in [-0.2, 0) is 20.2 Å². The van der Waals surface area contributed by atoms with Crippen LogP contribution in [0.4, 0.5) is 11.4 Å². The lowest BCUT2D eigenvalue weighted by Gasteiger charge is -2.50. The number of ether oxygens (including phenoxy) is 1.